The Morgan fingerprint density at radius 3 is 2.96 bits per heavy atom. The van der Waals surface area contributed by atoms with Crippen LogP contribution in [0.5, 0.6) is 5.75 Å². The Morgan fingerprint density at radius 2 is 2.24 bits per heavy atom. The molecule has 1 aromatic heterocycles. The van der Waals surface area contributed by atoms with E-state index in [1.54, 1.807) is 18.3 Å². The van der Waals surface area contributed by atoms with Crippen LogP contribution in [0.15, 0.2) is 34.9 Å². The molecule has 0 unspecified atom stereocenters. The summed E-state index contributed by atoms with van der Waals surface area (Å²) in [6.07, 6.45) is 3.38. The molecule has 1 aliphatic rings. The lowest BCUT2D eigenvalue weighted by molar-refractivity contribution is 0.0843. The number of likely N-dealkylation sites (tertiary alicyclic amines) is 1. The summed E-state index contributed by atoms with van der Waals surface area (Å²) >= 11 is 0. The number of β-amino-alcohol motifs (C(OH)–C–C–N with tert-alkyl or cyclic N) is 1. The molecule has 7 heteroatoms. The number of carbonyl (C=O) groups excluding carboxylic acids is 1. The molecule has 2 aromatic rings. The molecule has 1 aliphatic heterocycles. The van der Waals surface area contributed by atoms with Crippen LogP contribution < -0.4 is 10.1 Å². The number of rotatable bonds is 5. The van der Waals surface area contributed by atoms with Gasteiger partial charge in [0.2, 0.25) is 5.89 Å². The van der Waals surface area contributed by atoms with E-state index in [-0.39, 0.29) is 6.03 Å². The molecular weight excluding hydrogens is 322 g/mol. The highest BCUT2D eigenvalue weighted by atomic mass is 16.5. The molecular formula is C18H23N3O4. The summed E-state index contributed by atoms with van der Waals surface area (Å²) in [5.41, 5.74) is 1.66. The summed E-state index contributed by atoms with van der Waals surface area (Å²) < 4.78 is 10.6. The van der Waals surface area contributed by atoms with Gasteiger partial charge < -0.3 is 24.5 Å². The van der Waals surface area contributed by atoms with E-state index in [1.165, 1.54) is 0 Å². The topological polar surface area (TPSA) is 87.8 Å². The fourth-order valence-corrected chi connectivity index (χ4v) is 2.84. The molecule has 0 bridgehead atoms. The maximum absolute atomic E-state index is 12.1. The lowest BCUT2D eigenvalue weighted by atomic mass is 10.1. The third-order valence-electron chi connectivity index (χ3n) is 4.23. The molecule has 134 valence electrons. The Bertz CT molecular complexity index is 699. The van der Waals surface area contributed by atoms with Crippen molar-refractivity contribution in [2.45, 2.75) is 25.4 Å². The minimum absolute atomic E-state index is 0.141. The molecule has 2 amide bonds. The first kappa shape index (κ1) is 17.3. The molecule has 2 N–H and O–H groups in total. The number of hydrogen-bond acceptors (Lipinski definition) is 5. The maximum atomic E-state index is 12.1. The number of hydrogen-bond donors (Lipinski definition) is 2. The largest absolute Gasteiger partial charge is 0.497 e. The van der Waals surface area contributed by atoms with Crippen molar-refractivity contribution in [1.29, 1.82) is 0 Å². The first-order chi connectivity index (χ1) is 12.2. The zero-order valence-electron chi connectivity index (χ0n) is 14.3. The number of nitrogens with zero attached hydrogens (tertiary/aromatic N) is 2. The molecule has 1 fully saturated rings. The number of aromatic nitrogens is 1. The minimum atomic E-state index is -0.415. The summed E-state index contributed by atoms with van der Waals surface area (Å²) in [6, 6.07) is 7.34. The number of carbonyl (C=O) groups is 1. The van der Waals surface area contributed by atoms with Crippen LogP contribution >= 0.6 is 0 Å². The van der Waals surface area contributed by atoms with Crippen LogP contribution in [0, 0.1) is 0 Å². The van der Waals surface area contributed by atoms with Gasteiger partial charge in [-0.2, -0.15) is 0 Å². The molecule has 1 saturated heterocycles. The number of benzene rings is 1. The SMILES string of the molecule is COc1ccc(-c2nc(CCNC(=O)N3CCC[C@H](O)C3)co2)cc1. The number of amides is 2. The van der Waals surface area contributed by atoms with E-state index >= 15 is 0 Å². The lowest BCUT2D eigenvalue weighted by Gasteiger charge is -2.30. The zero-order chi connectivity index (χ0) is 17.6. The standard InChI is InChI=1S/C18H23N3O4/c1-24-16-6-4-13(5-7-16)17-20-14(12-25-17)8-9-19-18(23)21-10-2-3-15(22)11-21/h4-7,12,15,22H,2-3,8-11H2,1H3,(H,19,23)/t15-/m0/s1. The van der Waals surface area contributed by atoms with Crippen LogP contribution in [-0.4, -0.2) is 53.9 Å². The molecule has 7 nitrogen and oxygen atoms in total. The second-order valence-electron chi connectivity index (χ2n) is 6.10. The molecule has 0 saturated carbocycles. The van der Waals surface area contributed by atoms with Gasteiger partial charge in [0.15, 0.2) is 0 Å². The van der Waals surface area contributed by atoms with Crippen molar-refractivity contribution in [1.82, 2.24) is 15.2 Å². The second-order valence-corrected chi connectivity index (χ2v) is 6.10. The molecule has 1 aromatic carbocycles. The number of oxazole rings is 1. The van der Waals surface area contributed by atoms with E-state index in [2.05, 4.69) is 10.3 Å². The molecule has 0 radical (unpaired) electrons. The van der Waals surface area contributed by atoms with Gasteiger partial charge in [-0.1, -0.05) is 0 Å². The van der Waals surface area contributed by atoms with Crippen LogP contribution in [0.4, 0.5) is 4.79 Å². The predicted octanol–water partition coefficient (Wildman–Crippen LogP) is 2.06. The van der Waals surface area contributed by atoms with Gasteiger partial charge in [0.25, 0.3) is 0 Å². The molecule has 1 atom stereocenters. The van der Waals surface area contributed by atoms with Gasteiger partial charge in [0, 0.05) is 31.6 Å². The van der Waals surface area contributed by atoms with E-state index in [1.807, 2.05) is 24.3 Å². The molecule has 2 heterocycles. The van der Waals surface area contributed by atoms with Crippen LogP contribution in [-0.2, 0) is 6.42 Å². The van der Waals surface area contributed by atoms with Crippen molar-refractivity contribution in [3.8, 4) is 17.2 Å². The quantitative estimate of drug-likeness (QED) is 0.866. The average molecular weight is 345 g/mol. The van der Waals surface area contributed by atoms with Crippen molar-refractivity contribution in [2.75, 3.05) is 26.7 Å². The maximum Gasteiger partial charge on any atom is 0.317 e. The fraction of sp³-hybridized carbons (Fsp3) is 0.444. The highest BCUT2D eigenvalue weighted by Gasteiger charge is 2.21. The first-order valence-corrected chi connectivity index (χ1v) is 8.45. The van der Waals surface area contributed by atoms with Gasteiger partial charge in [0.05, 0.1) is 18.9 Å². The van der Waals surface area contributed by atoms with Gasteiger partial charge in [0.1, 0.15) is 12.0 Å². The van der Waals surface area contributed by atoms with E-state index in [9.17, 15) is 9.90 Å². The number of nitrogens with one attached hydrogen (secondary N) is 1. The number of aliphatic hydroxyl groups is 1. The Hall–Kier alpha value is -2.54. The number of ether oxygens (including phenoxy) is 1. The van der Waals surface area contributed by atoms with Crippen LogP contribution in [0.3, 0.4) is 0 Å². The van der Waals surface area contributed by atoms with E-state index in [0.717, 1.165) is 29.8 Å². The summed E-state index contributed by atoms with van der Waals surface area (Å²) in [5, 5.41) is 12.5. The van der Waals surface area contributed by atoms with Crippen molar-refractivity contribution in [3.63, 3.8) is 0 Å². The summed E-state index contributed by atoms with van der Waals surface area (Å²) in [6.45, 7) is 1.56. The molecule has 25 heavy (non-hydrogen) atoms. The van der Waals surface area contributed by atoms with Crippen molar-refractivity contribution in [2.24, 2.45) is 0 Å². The average Bonchev–Trinajstić information content (AvgIpc) is 3.10. The monoisotopic (exact) mass is 345 g/mol. The van der Waals surface area contributed by atoms with Crippen molar-refractivity contribution >= 4 is 6.03 Å². The summed E-state index contributed by atoms with van der Waals surface area (Å²) in [7, 11) is 1.62. The molecule has 0 spiro atoms. The normalized spacial score (nSPS) is 17.4. The molecule has 3 rings (SSSR count). The second kappa shape index (κ2) is 8.02. The Morgan fingerprint density at radius 1 is 1.44 bits per heavy atom. The summed E-state index contributed by atoms with van der Waals surface area (Å²) in [5.74, 6) is 1.32. The van der Waals surface area contributed by atoms with E-state index < -0.39 is 6.10 Å². The van der Waals surface area contributed by atoms with Crippen molar-refractivity contribution < 1.29 is 19.1 Å². The van der Waals surface area contributed by atoms with Crippen LogP contribution in [0.25, 0.3) is 11.5 Å². The number of aliphatic hydroxyl groups excluding tert-OH is 1. The fourth-order valence-electron chi connectivity index (χ4n) is 2.84. The van der Waals surface area contributed by atoms with Gasteiger partial charge >= 0.3 is 6.03 Å². The van der Waals surface area contributed by atoms with Gasteiger partial charge in [-0.15, -0.1) is 0 Å². The van der Waals surface area contributed by atoms with Gasteiger partial charge in [-0.3, -0.25) is 0 Å². The Balaban J connectivity index is 1.49. The Kier molecular flexibility index (Phi) is 5.55. The van der Waals surface area contributed by atoms with E-state index in [4.69, 9.17) is 9.15 Å². The first-order valence-electron chi connectivity index (χ1n) is 8.45. The molecule has 0 aliphatic carbocycles. The summed E-state index contributed by atoms with van der Waals surface area (Å²) in [4.78, 5) is 18.2. The van der Waals surface area contributed by atoms with E-state index in [0.29, 0.717) is 31.9 Å². The highest BCUT2D eigenvalue weighted by molar-refractivity contribution is 5.74. The Labute approximate surface area is 146 Å². The smallest absolute Gasteiger partial charge is 0.317 e. The third-order valence-corrected chi connectivity index (χ3v) is 4.23. The van der Waals surface area contributed by atoms with Crippen LogP contribution in [0.1, 0.15) is 18.5 Å². The predicted molar refractivity (Wildman–Crippen MR) is 92.4 cm³/mol. The minimum Gasteiger partial charge on any atom is -0.497 e. The number of piperidine rings is 1. The third kappa shape index (κ3) is 4.51. The van der Waals surface area contributed by atoms with Crippen molar-refractivity contribution in [3.05, 3.63) is 36.2 Å². The number of urea groups is 1. The van der Waals surface area contributed by atoms with Gasteiger partial charge in [-0.05, 0) is 37.1 Å². The highest BCUT2D eigenvalue weighted by Crippen LogP contribution is 2.21. The number of methoxy groups -OCH3 is 1. The van der Waals surface area contributed by atoms with Crippen LogP contribution in [0.2, 0.25) is 0 Å². The lowest BCUT2D eigenvalue weighted by Crippen LogP contribution is -2.47. The zero-order valence-corrected chi connectivity index (χ0v) is 14.3. The van der Waals surface area contributed by atoms with Gasteiger partial charge in [-0.25, -0.2) is 9.78 Å².